The minimum Gasteiger partial charge on any atom is -0.365 e. The summed E-state index contributed by atoms with van der Waals surface area (Å²) in [5, 5.41) is 4.41. The van der Waals surface area contributed by atoms with E-state index in [1.165, 1.54) is 11.3 Å². The molecule has 2 rings (SSSR count). The number of nitrogens with zero attached hydrogens (tertiary/aromatic N) is 1. The topological polar surface area (TPSA) is 92.5 Å². The maximum absolute atomic E-state index is 12.3. The van der Waals surface area contributed by atoms with Crippen molar-refractivity contribution in [3.8, 4) is 0 Å². The van der Waals surface area contributed by atoms with Crippen LogP contribution in [-0.2, 0) is 10.8 Å². The van der Waals surface area contributed by atoms with E-state index in [4.69, 9.17) is 5.73 Å². The molecule has 2 unspecified atom stereocenters. The highest BCUT2D eigenvalue weighted by atomic mass is 32.2. The molecule has 1 aromatic heterocycles. The van der Waals surface area contributed by atoms with E-state index in [-0.39, 0.29) is 12.1 Å². The Balaban J connectivity index is 2.05. The van der Waals surface area contributed by atoms with Crippen molar-refractivity contribution in [2.75, 3.05) is 18.6 Å². The molecule has 2 atom stereocenters. The minimum atomic E-state index is -1.03. The van der Waals surface area contributed by atoms with Gasteiger partial charge in [0, 0.05) is 34.4 Å². The lowest BCUT2D eigenvalue weighted by Crippen LogP contribution is -2.33. The van der Waals surface area contributed by atoms with Crippen LogP contribution in [0.25, 0.3) is 0 Å². The highest BCUT2D eigenvalue weighted by Crippen LogP contribution is 2.23. The number of primary amides is 1. The number of carbonyl (C=O) groups excluding carboxylic acids is 2. The fourth-order valence-corrected chi connectivity index (χ4v) is 3.29. The van der Waals surface area contributed by atoms with Crippen LogP contribution in [0.3, 0.4) is 0 Å². The fraction of sp³-hybridized carbons (Fsp3) is 0.250. The molecule has 0 saturated heterocycles. The number of nitrogens with one attached hydrogen (secondary N) is 1. The van der Waals surface area contributed by atoms with Gasteiger partial charge in [-0.05, 0) is 30.7 Å². The lowest BCUT2D eigenvalue weighted by molar-refractivity contribution is 0.100. The number of benzene rings is 1. The zero-order valence-electron chi connectivity index (χ0n) is 13.6. The average Bonchev–Trinajstić information content (AvgIpc) is 3.02. The molecule has 24 heavy (non-hydrogen) atoms. The van der Waals surface area contributed by atoms with E-state index < -0.39 is 16.7 Å². The number of rotatable bonds is 5. The van der Waals surface area contributed by atoms with Gasteiger partial charge < -0.3 is 16.0 Å². The number of hydrogen-bond donors (Lipinski definition) is 2. The van der Waals surface area contributed by atoms with Crippen LogP contribution < -0.4 is 11.1 Å². The molecule has 0 spiro atoms. The second kappa shape index (κ2) is 7.59. The lowest BCUT2D eigenvalue weighted by atomic mass is 10.1. The molecule has 0 saturated carbocycles. The summed E-state index contributed by atoms with van der Waals surface area (Å²) in [4.78, 5) is 26.1. The number of nitrogens with two attached hydrogens (primary N) is 1. The molecular formula is C16H19N3O3S2. The molecule has 0 fully saturated rings. The Bertz CT molecular complexity index is 771. The average molecular weight is 365 g/mol. The van der Waals surface area contributed by atoms with Crippen molar-refractivity contribution in [3.05, 3.63) is 46.2 Å². The first-order valence-electron chi connectivity index (χ1n) is 7.15. The van der Waals surface area contributed by atoms with Crippen LogP contribution in [0.5, 0.6) is 0 Å². The quantitative estimate of drug-likeness (QED) is 0.853. The van der Waals surface area contributed by atoms with E-state index >= 15 is 0 Å². The standard InChI is InChI=1S/C16H19N3O3S2/c1-10(11-4-6-13(7-5-11)24(3)22)19(2)16(21)18-12-8-14(15(17)20)23-9-12/h4-10H,1-3H3,(H2,17,20)(H,18,21). The second-order valence-corrected chi connectivity index (χ2v) is 7.59. The van der Waals surface area contributed by atoms with Crippen LogP contribution in [0.4, 0.5) is 10.5 Å². The smallest absolute Gasteiger partial charge is 0.322 e. The van der Waals surface area contributed by atoms with Crippen molar-refractivity contribution in [1.29, 1.82) is 0 Å². The minimum absolute atomic E-state index is 0.168. The van der Waals surface area contributed by atoms with E-state index in [1.54, 1.807) is 41.8 Å². The molecular weight excluding hydrogens is 346 g/mol. The van der Waals surface area contributed by atoms with Crippen LogP contribution >= 0.6 is 11.3 Å². The van der Waals surface area contributed by atoms with Crippen molar-refractivity contribution >= 4 is 39.8 Å². The van der Waals surface area contributed by atoms with E-state index in [0.717, 1.165) is 10.5 Å². The maximum Gasteiger partial charge on any atom is 0.322 e. The zero-order valence-corrected chi connectivity index (χ0v) is 15.2. The summed E-state index contributed by atoms with van der Waals surface area (Å²) >= 11 is 1.18. The molecule has 6 nitrogen and oxygen atoms in total. The van der Waals surface area contributed by atoms with Gasteiger partial charge in [0.15, 0.2) is 0 Å². The van der Waals surface area contributed by atoms with Gasteiger partial charge in [-0.15, -0.1) is 11.3 Å². The van der Waals surface area contributed by atoms with Crippen molar-refractivity contribution in [1.82, 2.24) is 4.90 Å². The predicted octanol–water partition coefficient (Wildman–Crippen LogP) is 2.81. The Labute approximate surface area is 147 Å². The summed E-state index contributed by atoms with van der Waals surface area (Å²) in [6.45, 7) is 1.90. The summed E-state index contributed by atoms with van der Waals surface area (Å²) in [6.07, 6.45) is 1.62. The predicted molar refractivity (Wildman–Crippen MR) is 96.8 cm³/mol. The summed E-state index contributed by atoms with van der Waals surface area (Å²) in [7, 11) is 0.660. The first-order chi connectivity index (χ1) is 11.3. The van der Waals surface area contributed by atoms with Gasteiger partial charge in [0.05, 0.1) is 16.6 Å². The molecule has 0 bridgehead atoms. The molecule has 0 aliphatic rings. The van der Waals surface area contributed by atoms with E-state index in [0.29, 0.717) is 10.6 Å². The molecule has 128 valence electrons. The van der Waals surface area contributed by atoms with Crippen LogP contribution in [0.2, 0.25) is 0 Å². The van der Waals surface area contributed by atoms with Gasteiger partial charge in [0.2, 0.25) is 0 Å². The molecule has 8 heteroatoms. The first-order valence-corrected chi connectivity index (χ1v) is 9.59. The van der Waals surface area contributed by atoms with Gasteiger partial charge in [-0.1, -0.05) is 12.1 Å². The Hall–Kier alpha value is -2.19. The van der Waals surface area contributed by atoms with Crippen LogP contribution in [-0.4, -0.2) is 34.4 Å². The Kier molecular flexibility index (Phi) is 5.74. The molecule has 1 aromatic carbocycles. The van der Waals surface area contributed by atoms with Crippen molar-refractivity contribution in [2.24, 2.45) is 5.73 Å². The monoisotopic (exact) mass is 365 g/mol. The number of carbonyl (C=O) groups is 2. The Morgan fingerprint density at radius 3 is 2.42 bits per heavy atom. The second-order valence-electron chi connectivity index (χ2n) is 5.30. The lowest BCUT2D eigenvalue weighted by Gasteiger charge is -2.25. The van der Waals surface area contributed by atoms with Crippen molar-refractivity contribution < 1.29 is 13.8 Å². The Morgan fingerprint density at radius 1 is 1.29 bits per heavy atom. The third kappa shape index (κ3) is 4.21. The van der Waals surface area contributed by atoms with Gasteiger partial charge >= 0.3 is 6.03 Å². The largest absolute Gasteiger partial charge is 0.365 e. The van der Waals surface area contributed by atoms with E-state index in [2.05, 4.69) is 5.32 Å². The molecule has 0 aliphatic heterocycles. The number of thiophene rings is 1. The van der Waals surface area contributed by atoms with Gasteiger partial charge in [0.25, 0.3) is 5.91 Å². The number of hydrogen-bond acceptors (Lipinski definition) is 4. The maximum atomic E-state index is 12.3. The van der Waals surface area contributed by atoms with Crippen LogP contribution in [0.15, 0.2) is 40.6 Å². The molecule has 3 N–H and O–H groups in total. The van der Waals surface area contributed by atoms with E-state index in [9.17, 15) is 13.8 Å². The first kappa shape index (κ1) is 18.2. The fourth-order valence-electron chi connectivity index (χ4n) is 2.08. The van der Waals surface area contributed by atoms with Gasteiger partial charge in [-0.2, -0.15) is 0 Å². The van der Waals surface area contributed by atoms with Gasteiger partial charge in [0.1, 0.15) is 0 Å². The molecule has 2 aromatic rings. The van der Waals surface area contributed by atoms with Crippen molar-refractivity contribution in [3.63, 3.8) is 0 Å². The van der Waals surface area contributed by atoms with Gasteiger partial charge in [-0.3, -0.25) is 9.00 Å². The summed E-state index contributed by atoms with van der Waals surface area (Å²) in [6, 6.07) is 8.41. The summed E-state index contributed by atoms with van der Waals surface area (Å²) in [5.41, 5.74) is 6.67. The SMILES string of the molecule is CC(c1ccc(S(C)=O)cc1)N(C)C(=O)Nc1csc(C(N)=O)c1. The van der Waals surface area contributed by atoms with Crippen LogP contribution in [0.1, 0.15) is 28.2 Å². The highest BCUT2D eigenvalue weighted by molar-refractivity contribution is 7.84. The normalized spacial score (nSPS) is 13.1. The van der Waals surface area contributed by atoms with Gasteiger partial charge in [-0.25, -0.2) is 4.79 Å². The third-order valence-electron chi connectivity index (χ3n) is 3.69. The number of amides is 3. The molecule has 3 amide bonds. The molecule has 0 radical (unpaired) electrons. The summed E-state index contributed by atoms with van der Waals surface area (Å²) in [5.74, 6) is -0.518. The summed E-state index contributed by atoms with van der Waals surface area (Å²) < 4.78 is 11.4. The number of anilines is 1. The highest BCUT2D eigenvalue weighted by Gasteiger charge is 2.18. The van der Waals surface area contributed by atoms with Crippen LogP contribution in [0, 0.1) is 0 Å². The molecule has 0 aliphatic carbocycles. The zero-order chi connectivity index (χ0) is 17.9. The Morgan fingerprint density at radius 2 is 1.92 bits per heavy atom. The number of urea groups is 1. The molecule has 1 heterocycles. The van der Waals surface area contributed by atoms with Crippen molar-refractivity contribution in [2.45, 2.75) is 17.9 Å². The van der Waals surface area contributed by atoms with E-state index in [1.807, 2.05) is 19.1 Å². The third-order valence-corrected chi connectivity index (χ3v) is 5.57.